The summed E-state index contributed by atoms with van der Waals surface area (Å²) in [6, 6.07) is -2.62. The fraction of sp³-hybridized carbons (Fsp3) is 0.916. The largest absolute Gasteiger partial charge is 0.477 e. The van der Waals surface area contributed by atoms with Crippen LogP contribution in [-0.2, 0) is 42.8 Å². The van der Waals surface area contributed by atoms with Crippen LogP contribution in [0.5, 0.6) is 0 Å². The highest BCUT2D eigenvalue weighted by Crippen LogP contribution is 2.39. The van der Waals surface area contributed by atoms with Gasteiger partial charge in [0.05, 0.1) is 50.7 Å². The summed E-state index contributed by atoms with van der Waals surface area (Å²) in [5.41, 5.74) is 0. The SMILES string of the molecule is CCCCCCCCCCCCC/C=C/C(O)C(COC1OC(CO)C(OC2OC(CO)C(O)C(OC3(C(=O)O)CC(O)C(NC(C)=O)C(C(O)C(O)CO)O3)C2O)C(O)C1O)NC(=O)CCCCCCCCCCCCCCCCCCC/C=C\CCCCCCCCCCCCCCCCCCCC. The van der Waals surface area contributed by atoms with E-state index in [1.165, 1.54) is 257 Å². The minimum atomic E-state index is -3.08. The fourth-order valence-electron chi connectivity index (χ4n) is 14.9. The predicted molar refractivity (Wildman–Crippen MR) is 412 cm³/mol. The molecule has 14 N–H and O–H groups in total. The molecule has 3 aliphatic heterocycles. The van der Waals surface area contributed by atoms with E-state index in [1.54, 1.807) is 6.08 Å². The van der Waals surface area contributed by atoms with Crippen molar-refractivity contribution in [3.05, 3.63) is 24.3 Å². The molecule has 23 heteroatoms. The Morgan fingerprint density at radius 3 is 1.28 bits per heavy atom. The number of carbonyl (C=O) groups is 3. The van der Waals surface area contributed by atoms with Crippen molar-refractivity contribution in [1.29, 1.82) is 0 Å². The first-order chi connectivity index (χ1) is 51.4. The number of aliphatic carboxylic acids is 1. The van der Waals surface area contributed by atoms with E-state index in [4.69, 9.17) is 28.4 Å². The number of hydrogen-bond acceptors (Lipinski definition) is 20. The number of carbonyl (C=O) groups excluding carboxylic acids is 2. The molecule has 3 saturated heterocycles. The molecule has 0 radical (unpaired) electrons. The van der Waals surface area contributed by atoms with Gasteiger partial charge >= 0.3 is 5.97 Å². The molecule has 18 atom stereocenters. The van der Waals surface area contributed by atoms with E-state index in [9.17, 15) is 75.7 Å². The van der Waals surface area contributed by atoms with Crippen LogP contribution in [0, 0.1) is 0 Å². The van der Waals surface area contributed by atoms with Crippen LogP contribution in [0.2, 0.25) is 0 Å². The first kappa shape index (κ1) is 97.4. The number of allylic oxidation sites excluding steroid dienone is 3. The van der Waals surface area contributed by atoms with Gasteiger partial charge in [0.15, 0.2) is 12.6 Å². The molecule has 106 heavy (non-hydrogen) atoms. The van der Waals surface area contributed by atoms with Gasteiger partial charge in [0.2, 0.25) is 11.8 Å². The van der Waals surface area contributed by atoms with E-state index in [1.807, 2.05) is 6.08 Å². The number of unbranched alkanes of at least 4 members (excludes halogenated alkanes) is 46. The van der Waals surface area contributed by atoms with Crippen LogP contribution in [0.15, 0.2) is 24.3 Å². The Balaban J connectivity index is 1.38. The standard InChI is InChI=1S/C83H154N2O21/c1-4-6-8-10-12-14-16-18-19-20-21-22-23-24-25-26-27-28-29-30-31-32-33-34-35-36-37-38-39-40-41-42-43-45-47-49-51-53-55-57-70(93)85-64(65(90)56-54-52-50-48-46-44-17-15-13-11-9-7-5-2)62-101-80-75(97)74(96)77(69(61-88)103-80)104-81-76(98)79(73(95)68(60-87)102-81)106-83(82(99)100)58-66(91)71(84-63(3)89)78(105-83)72(94)67(92)59-86/h30-31,54,56,64-69,71-81,86-88,90-92,94-98H,4-29,32-53,55,57-62H2,1-3H3,(H,84,89)(H,85,93)(H,99,100)/b31-30-,56-54+. The number of hydrogen-bond donors (Lipinski definition) is 14. The Morgan fingerprint density at radius 2 is 0.887 bits per heavy atom. The number of amides is 2. The lowest BCUT2D eigenvalue weighted by atomic mass is 9.88. The topological polar surface area (TPSA) is 373 Å². The summed E-state index contributed by atoms with van der Waals surface area (Å²) in [6.07, 6.45) is 41.3. The molecular weight excluding hydrogens is 1360 g/mol. The van der Waals surface area contributed by atoms with Crippen LogP contribution in [0.4, 0.5) is 0 Å². The van der Waals surface area contributed by atoms with Gasteiger partial charge in [0.1, 0.15) is 67.1 Å². The summed E-state index contributed by atoms with van der Waals surface area (Å²) in [7, 11) is 0. The molecule has 0 aliphatic carbocycles. The van der Waals surface area contributed by atoms with Gasteiger partial charge < -0.3 is 100 Å². The van der Waals surface area contributed by atoms with Gasteiger partial charge in [-0.2, -0.15) is 0 Å². The zero-order valence-corrected chi connectivity index (χ0v) is 66.1. The van der Waals surface area contributed by atoms with Crippen molar-refractivity contribution in [2.45, 2.75) is 458 Å². The summed E-state index contributed by atoms with van der Waals surface area (Å²) in [6.45, 7) is 2.17. The predicted octanol–water partition coefficient (Wildman–Crippen LogP) is 12.3. The monoisotopic (exact) mass is 1520 g/mol. The number of rotatable bonds is 68. The van der Waals surface area contributed by atoms with Crippen molar-refractivity contribution >= 4 is 17.8 Å². The van der Waals surface area contributed by atoms with Crippen LogP contribution in [0.1, 0.15) is 348 Å². The van der Waals surface area contributed by atoms with Crippen LogP contribution >= 0.6 is 0 Å². The van der Waals surface area contributed by atoms with Crippen LogP contribution in [-0.4, -0.2) is 215 Å². The molecule has 622 valence electrons. The highest BCUT2D eigenvalue weighted by molar-refractivity contribution is 5.77. The lowest BCUT2D eigenvalue weighted by Crippen LogP contribution is -2.70. The zero-order chi connectivity index (χ0) is 77.4. The van der Waals surface area contributed by atoms with Gasteiger partial charge in [0, 0.05) is 19.8 Å². The summed E-state index contributed by atoms with van der Waals surface area (Å²) in [4.78, 5) is 38.7. The molecule has 0 aromatic rings. The number of ether oxygens (including phenoxy) is 6. The molecule has 0 saturated carbocycles. The lowest BCUT2D eigenvalue weighted by Gasteiger charge is -2.50. The Morgan fingerprint density at radius 1 is 0.491 bits per heavy atom. The van der Waals surface area contributed by atoms with Crippen LogP contribution in [0.3, 0.4) is 0 Å². The van der Waals surface area contributed by atoms with E-state index >= 15 is 0 Å². The van der Waals surface area contributed by atoms with Gasteiger partial charge in [-0.3, -0.25) is 9.59 Å². The second-order valence-corrected chi connectivity index (χ2v) is 31.0. The fourth-order valence-corrected chi connectivity index (χ4v) is 14.9. The number of carboxylic acid groups (broad SMARTS) is 1. The third-order valence-corrected chi connectivity index (χ3v) is 21.6. The third kappa shape index (κ3) is 41.1. The molecule has 23 nitrogen and oxygen atoms in total. The van der Waals surface area contributed by atoms with Gasteiger partial charge in [-0.25, -0.2) is 4.79 Å². The highest BCUT2D eigenvalue weighted by Gasteiger charge is 2.60. The number of aliphatic hydroxyl groups excluding tert-OH is 11. The Kier molecular flexibility index (Phi) is 56.7. The summed E-state index contributed by atoms with van der Waals surface area (Å²) >= 11 is 0. The van der Waals surface area contributed by atoms with Gasteiger partial charge in [-0.1, -0.05) is 308 Å². The smallest absolute Gasteiger partial charge is 0.364 e. The number of carboxylic acids is 1. The first-order valence-corrected chi connectivity index (χ1v) is 42.7. The maximum Gasteiger partial charge on any atom is 0.364 e. The molecule has 0 bridgehead atoms. The van der Waals surface area contributed by atoms with Gasteiger partial charge in [-0.05, 0) is 44.9 Å². The summed E-state index contributed by atoms with van der Waals surface area (Å²) in [5, 5.41) is 136. The minimum absolute atomic E-state index is 0.203. The quantitative estimate of drug-likeness (QED) is 0.0199. The van der Waals surface area contributed by atoms with Crippen molar-refractivity contribution in [1.82, 2.24) is 10.6 Å². The van der Waals surface area contributed by atoms with E-state index < -0.39 is 155 Å². The second-order valence-electron chi connectivity index (χ2n) is 31.0. The Labute approximate surface area is 638 Å². The van der Waals surface area contributed by atoms with Crippen molar-refractivity contribution in [3.8, 4) is 0 Å². The Bertz CT molecular complexity index is 2200. The maximum absolute atomic E-state index is 13.5. The number of nitrogens with one attached hydrogen (secondary N) is 2. The first-order valence-electron chi connectivity index (χ1n) is 42.7. The van der Waals surface area contributed by atoms with E-state index in [0.717, 1.165) is 51.9 Å². The van der Waals surface area contributed by atoms with Crippen molar-refractivity contribution in [2.75, 3.05) is 26.4 Å². The van der Waals surface area contributed by atoms with E-state index in [2.05, 4.69) is 36.6 Å². The second kappa shape index (κ2) is 61.8. The third-order valence-electron chi connectivity index (χ3n) is 21.6. The van der Waals surface area contributed by atoms with Crippen molar-refractivity contribution < 1.29 is 104 Å². The average molecular weight is 1520 g/mol. The highest BCUT2D eigenvalue weighted by atomic mass is 16.8. The maximum atomic E-state index is 13.5. The molecule has 0 aromatic heterocycles. The molecule has 3 rings (SSSR count). The molecule has 3 aliphatic rings. The van der Waals surface area contributed by atoms with Crippen molar-refractivity contribution in [3.63, 3.8) is 0 Å². The zero-order valence-electron chi connectivity index (χ0n) is 66.1. The average Bonchev–Trinajstić information content (AvgIpc) is 0.754. The minimum Gasteiger partial charge on any atom is -0.477 e. The molecule has 0 aromatic carbocycles. The molecule has 3 heterocycles. The summed E-state index contributed by atoms with van der Waals surface area (Å²) in [5.74, 6) is -6.14. The van der Waals surface area contributed by atoms with Crippen molar-refractivity contribution in [2.24, 2.45) is 0 Å². The van der Waals surface area contributed by atoms with Crippen LogP contribution in [0.25, 0.3) is 0 Å². The summed E-state index contributed by atoms with van der Waals surface area (Å²) < 4.78 is 34.9. The van der Waals surface area contributed by atoms with Gasteiger partial charge in [-0.15, -0.1) is 0 Å². The lowest BCUT2D eigenvalue weighted by molar-refractivity contribution is -0.386. The molecule has 18 unspecified atom stereocenters. The van der Waals surface area contributed by atoms with Gasteiger partial charge in [0.25, 0.3) is 5.79 Å². The molecule has 0 spiro atoms. The molecular formula is C83H154N2O21. The Hall–Kier alpha value is -2.79. The molecule has 3 fully saturated rings. The molecule has 2 amide bonds. The van der Waals surface area contributed by atoms with Crippen LogP contribution < -0.4 is 10.6 Å². The van der Waals surface area contributed by atoms with E-state index in [-0.39, 0.29) is 12.3 Å². The van der Waals surface area contributed by atoms with E-state index in [0.29, 0.717) is 12.8 Å². The normalized spacial score (nSPS) is 26.2. The number of aliphatic hydroxyl groups is 11.